The minimum atomic E-state index is -0.262. The van der Waals surface area contributed by atoms with E-state index in [-0.39, 0.29) is 42.2 Å². The Kier molecular flexibility index (Phi) is 5.78. The SMILES string of the molecule is Cl.NC1CCC(C(=O)N2CCOC(c3ccc(F)cc3)C2)C1. The first-order chi connectivity index (χ1) is 10.1. The van der Waals surface area contributed by atoms with Gasteiger partial charge in [0.25, 0.3) is 0 Å². The summed E-state index contributed by atoms with van der Waals surface area (Å²) in [6.45, 7) is 1.69. The third kappa shape index (κ3) is 3.77. The van der Waals surface area contributed by atoms with Crippen LogP contribution >= 0.6 is 12.4 Å². The van der Waals surface area contributed by atoms with Crippen molar-refractivity contribution in [1.82, 2.24) is 4.90 Å². The molecule has 1 heterocycles. The van der Waals surface area contributed by atoms with E-state index >= 15 is 0 Å². The fourth-order valence-electron chi connectivity index (χ4n) is 3.23. The number of hydrogen-bond acceptors (Lipinski definition) is 3. The van der Waals surface area contributed by atoms with E-state index in [1.165, 1.54) is 12.1 Å². The summed E-state index contributed by atoms with van der Waals surface area (Å²) in [5.74, 6) is -0.00670. The number of benzene rings is 1. The molecular formula is C16H22ClFN2O2. The molecule has 4 nitrogen and oxygen atoms in total. The van der Waals surface area contributed by atoms with Gasteiger partial charge in [0.2, 0.25) is 5.91 Å². The van der Waals surface area contributed by atoms with Gasteiger partial charge in [0.05, 0.1) is 13.2 Å². The van der Waals surface area contributed by atoms with Crippen LogP contribution < -0.4 is 5.73 Å². The van der Waals surface area contributed by atoms with Crippen molar-refractivity contribution in [1.29, 1.82) is 0 Å². The highest BCUT2D eigenvalue weighted by molar-refractivity contribution is 5.85. The third-order valence-electron chi connectivity index (χ3n) is 4.44. The fraction of sp³-hybridized carbons (Fsp3) is 0.562. The zero-order valence-corrected chi connectivity index (χ0v) is 13.2. The molecule has 22 heavy (non-hydrogen) atoms. The maximum absolute atomic E-state index is 13.0. The number of carbonyl (C=O) groups is 1. The Morgan fingerprint density at radius 3 is 2.64 bits per heavy atom. The van der Waals surface area contributed by atoms with Gasteiger partial charge < -0.3 is 15.4 Å². The Morgan fingerprint density at radius 2 is 2.00 bits per heavy atom. The molecule has 1 aromatic carbocycles. The fourth-order valence-corrected chi connectivity index (χ4v) is 3.23. The molecule has 0 bridgehead atoms. The van der Waals surface area contributed by atoms with Crippen LogP contribution in [0.1, 0.15) is 30.9 Å². The molecular weight excluding hydrogens is 307 g/mol. The van der Waals surface area contributed by atoms with E-state index in [0.717, 1.165) is 24.8 Å². The number of nitrogens with zero attached hydrogens (tertiary/aromatic N) is 1. The Balaban J connectivity index is 0.00000176. The minimum Gasteiger partial charge on any atom is -0.370 e. The summed E-state index contributed by atoms with van der Waals surface area (Å²) in [5.41, 5.74) is 6.81. The average Bonchev–Trinajstić information content (AvgIpc) is 2.94. The molecule has 0 spiro atoms. The number of hydrogen-bond donors (Lipinski definition) is 1. The summed E-state index contributed by atoms with van der Waals surface area (Å²) in [6.07, 6.45) is 2.44. The standard InChI is InChI=1S/C16H21FN2O2.ClH/c17-13-4-1-11(2-5-13)15-10-19(7-8-21-15)16(20)12-3-6-14(18)9-12;/h1-2,4-5,12,14-15H,3,6-10,18H2;1H. The lowest BCUT2D eigenvalue weighted by Crippen LogP contribution is -2.44. The van der Waals surface area contributed by atoms with Gasteiger partial charge in [0.15, 0.2) is 0 Å². The highest BCUT2D eigenvalue weighted by Gasteiger charge is 2.33. The van der Waals surface area contributed by atoms with Crippen molar-refractivity contribution in [3.63, 3.8) is 0 Å². The van der Waals surface area contributed by atoms with Crippen LogP contribution in [-0.2, 0) is 9.53 Å². The van der Waals surface area contributed by atoms with Crippen LogP contribution in [0.4, 0.5) is 4.39 Å². The summed E-state index contributed by atoms with van der Waals surface area (Å²) in [4.78, 5) is 14.4. The zero-order chi connectivity index (χ0) is 14.8. The van der Waals surface area contributed by atoms with Gasteiger partial charge in [-0.15, -0.1) is 12.4 Å². The molecule has 3 atom stereocenters. The molecule has 6 heteroatoms. The number of morpholine rings is 1. The second-order valence-corrected chi connectivity index (χ2v) is 5.97. The lowest BCUT2D eigenvalue weighted by Gasteiger charge is -2.34. The summed E-state index contributed by atoms with van der Waals surface area (Å²) in [7, 11) is 0. The molecule has 0 radical (unpaired) electrons. The number of nitrogens with two attached hydrogens (primary N) is 1. The number of carbonyl (C=O) groups excluding carboxylic acids is 1. The van der Waals surface area contributed by atoms with E-state index in [2.05, 4.69) is 0 Å². The quantitative estimate of drug-likeness (QED) is 0.906. The second kappa shape index (κ2) is 7.40. The van der Waals surface area contributed by atoms with Gasteiger partial charge in [-0.3, -0.25) is 4.79 Å². The van der Waals surface area contributed by atoms with E-state index < -0.39 is 0 Å². The minimum absolute atomic E-state index is 0. The van der Waals surface area contributed by atoms with Gasteiger partial charge in [-0.05, 0) is 37.0 Å². The molecule has 3 rings (SSSR count). The largest absolute Gasteiger partial charge is 0.370 e. The molecule has 1 aliphatic carbocycles. The van der Waals surface area contributed by atoms with E-state index in [9.17, 15) is 9.18 Å². The first kappa shape index (κ1) is 17.2. The number of rotatable bonds is 2. The summed E-state index contributed by atoms with van der Waals surface area (Å²) in [5, 5.41) is 0. The highest BCUT2D eigenvalue weighted by Crippen LogP contribution is 2.29. The molecule has 3 unspecified atom stereocenters. The molecule has 2 fully saturated rings. The molecule has 1 aliphatic heterocycles. The highest BCUT2D eigenvalue weighted by atomic mass is 35.5. The molecule has 0 aromatic heterocycles. The molecule has 1 aromatic rings. The van der Waals surface area contributed by atoms with Crippen molar-refractivity contribution >= 4 is 18.3 Å². The molecule has 1 saturated carbocycles. The van der Waals surface area contributed by atoms with E-state index in [0.29, 0.717) is 19.7 Å². The van der Waals surface area contributed by atoms with Crippen LogP contribution in [0.5, 0.6) is 0 Å². The molecule has 2 aliphatic rings. The van der Waals surface area contributed by atoms with Gasteiger partial charge in [-0.2, -0.15) is 0 Å². The Morgan fingerprint density at radius 1 is 1.27 bits per heavy atom. The van der Waals surface area contributed by atoms with Crippen molar-refractivity contribution in [3.8, 4) is 0 Å². The molecule has 122 valence electrons. The lowest BCUT2D eigenvalue weighted by atomic mass is 10.0. The molecule has 2 N–H and O–H groups in total. The molecule has 1 amide bonds. The van der Waals surface area contributed by atoms with Crippen molar-refractivity contribution < 1.29 is 13.9 Å². The number of halogens is 2. The van der Waals surface area contributed by atoms with Crippen molar-refractivity contribution in [2.75, 3.05) is 19.7 Å². The Hall–Kier alpha value is -1.17. The van der Waals surface area contributed by atoms with Crippen LogP contribution in [0, 0.1) is 11.7 Å². The monoisotopic (exact) mass is 328 g/mol. The Labute approximate surface area is 136 Å². The van der Waals surface area contributed by atoms with Crippen LogP contribution in [0.2, 0.25) is 0 Å². The van der Waals surface area contributed by atoms with E-state index in [4.69, 9.17) is 10.5 Å². The van der Waals surface area contributed by atoms with E-state index in [1.54, 1.807) is 12.1 Å². The first-order valence-corrected chi connectivity index (χ1v) is 7.55. The predicted molar refractivity (Wildman–Crippen MR) is 84.2 cm³/mol. The third-order valence-corrected chi connectivity index (χ3v) is 4.44. The number of ether oxygens (including phenoxy) is 1. The van der Waals surface area contributed by atoms with Crippen LogP contribution in [0.3, 0.4) is 0 Å². The van der Waals surface area contributed by atoms with Crippen molar-refractivity contribution in [2.24, 2.45) is 11.7 Å². The van der Waals surface area contributed by atoms with Gasteiger partial charge in [-0.1, -0.05) is 12.1 Å². The van der Waals surface area contributed by atoms with Crippen LogP contribution in [-0.4, -0.2) is 36.5 Å². The smallest absolute Gasteiger partial charge is 0.225 e. The Bertz CT molecular complexity index is 511. The van der Waals surface area contributed by atoms with Gasteiger partial charge in [-0.25, -0.2) is 4.39 Å². The number of amides is 1. The summed E-state index contributed by atoms with van der Waals surface area (Å²) in [6, 6.07) is 6.46. The zero-order valence-electron chi connectivity index (χ0n) is 12.4. The van der Waals surface area contributed by atoms with E-state index in [1.807, 2.05) is 4.90 Å². The normalized spacial score (nSPS) is 28.3. The molecule has 1 saturated heterocycles. The van der Waals surface area contributed by atoms with Crippen LogP contribution in [0.25, 0.3) is 0 Å². The lowest BCUT2D eigenvalue weighted by molar-refractivity contribution is -0.143. The van der Waals surface area contributed by atoms with Gasteiger partial charge in [0, 0.05) is 18.5 Å². The van der Waals surface area contributed by atoms with Gasteiger partial charge in [0.1, 0.15) is 11.9 Å². The average molecular weight is 329 g/mol. The maximum atomic E-state index is 13.0. The van der Waals surface area contributed by atoms with Crippen molar-refractivity contribution in [3.05, 3.63) is 35.6 Å². The summed E-state index contributed by atoms with van der Waals surface area (Å²) >= 11 is 0. The first-order valence-electron chi connectivity index (χ1n) is 7.55. The topological polar surface area (TPSA) is 55.6 Å². The predicted octanol–water partition coefficient (Wildman–Crippen LogP) is 2.27. The maximum Gasteiger partial charge on any atom is 0.225 e. The van der Waals surface area contributed by atoms with Crippen molar-refractivity contribution in [2.45, 2.75) is 31.4 Å². The summed E-state index contributed by atoms with van der Waals surface area (Å²) < 4.78 is 18.7. The van der Waals surface area contributed by atoms with Gasteiger partial charge >= 0.3 is 0 Å². The van der Waals surface area contributed by atoms with Crippen LogP contribution in [0.15, 0.2) is 24.3 Å². The second-order valence-electron chi connectivity index (χ2n) is 5.97.